The quantitative estimate of drug-likeness (QED) is 0.466. The van der Waals surface area contributed by atoms with E-state index in [0.29, 0.717) is 0 Å². The first-order valence-electron chi connectivity index (χ1n) is 7.87. The maximum atomic E-state index is 10.2. The molecule has 22 heavy (non-hydrogen) atoms. The summed E-state index contributed by atoms with van der Waals surface area (Å²) in [5.41, 5.74) is 0. The molecule has 0 aromatic rings. The molecule has 0 saturated heterocycles. The third-order valence-corrected chi connectivity index (χ3v) is 3.51. The maximum absolute atomic E-state index is 10.2. The molecule has 1 aliphatic heterocycles. The number of nitrogens with zero attached hydrogens (tertiary/aromatic N) is 2. The van der Waals surface area contributed by atoms with Gasteiger partial charge in [0.05, 0.1) is 6.67 Å². The summed E-state index contributed by atoms with van der Waals surface area (Å²) in [6, 6.07) is 0. The molecule has 1 rings (SSSR count). The predicted molar refractivity (Wildman–Crippen MR) is 85.3 cm³/mol. The molecule has 0 amide bonds. The van der Waals surface area contributed by atoms with Gasteiger partial charge in [0.15, 0.2) is 0 Å². The Balaban J connectivity index is 0.000000626. The van der Waals surface area contributed by atoms with Crippen molar-refractivity contribution in [2.75, 3.05) is 20.3 Å². The summed E-state index contributed by atoms with van der Waals surface area (Å²) in [7, 11) is -2.68. The van der Waals surface area contributed by atoms with Crippen molar-refractivity contribution in [1.29, 1.82) is 0 Å². The highest BCUT2D eigenvalue weighted by Crippen LogP contribution is 2.35. The Bertz CT molecular complexity index is 339. The summed E-state index contributed by atoms with van der Waals surface area (Å²) >= 11 is 0. The average molecular weight is 340 g/mol. The lowest BCUT2D eigenvalue weighted by Gasteiger charge is -2.17. The number of hydrogen-bond acceptors (Lipinski definition) is 4. The van der Waals surface area contributed by atoms with E-state index in [9.17, 15) is 4.53 Å². The zero-order chi connectivity index (χ0) is 16.8. The summed E-state index contributed by atoms with van der Waals surface area (Å²) in [6.45, 7) is 4.59. The van der Waals surface area contributed by atoms with Gasteiger partial charge in [0.1, 0.15) is 0 Å². The summed E-state index contributed by atoms with van der Waals surface area (Å²) in [6.07, 6.45) is 15.7. The smallest absolute Gasteiger partial charge is 0.362 e. The summed E-state index contributed by atoms with van der Waals surface area (Å²) < 4.78 is 21.4. The van der Waals surface area contributed by atoms with Gasteiger partial charge in [-0.2, -0.15) is 0 Å². The highest BCUT2D eigenvalue weighted by Gasteiger charge is 2.12. The molecule has 0 saturated carbocycles. The molecule has 0 aromatic heterocycles. The Morgan fingerprint density at radius 1 is 1.09 bits per heavy atom. The lowest BCUT2D eigenvalue weighted by Crippen LogP contribution is -2.23. The lowest BCUT2D eigenvalue weighted by atomic mass is 10.1. The van der Waals surface area contributed by atoms with E-state index in [0.717, 1.165) is 6.67 Å². The van der Waals surface area contributed by atoms with Gasteiger partial charge in [0.2, 0.25) is 0 Å². The third-order valence-electron chi connectivity index (χ3n) is 3.33. The molecule has 8 heteroatoms. The van der Waals surface area contributed by atoms with Crippen LogP contribution < -0.4 is 0 Å². The Morgan fingerprint density at radius 2 is 1.59 bits per heavy atom. The summed E-state index contributed by atoms with van der Waals surface area (Å²) in [4.78, 5) is 19.3. The lowest BCUT2D eigenvalue weighted by molar-refractivity contribution is -0.0389. The van der Waals surface area contributed by atoms with Crippen LogP contribution in [-0.4, -0.2) is 39.8 Å². The van der Waals surface area contributed by atoms with Crippen molar-refractivity contribution in [3.8, 4) is 0 Å². The molecular formula is C14H30FN2O4P. The minimum atomic E-state index is -4.81. The molecule has 0 aromatic carbocycles. The Morgan fingerprint density at radius 3 is 2.00 bits per heavy atom. The van der Waals surface area contributed by atoms with Crippen molar-refractivity contribution in [3.05, 3.63) is 12.4 Å². The molecule has 0 spiro atoms. The molecule has 6 nitrogen and oxygen atoms in total. The summed E-state index contributed by atoms with van der Waals surface area (Å²) in [5.74, 6) is 0. The SMILES string of the molecule is CCCCCCCCCCN1C=CN(C)C1.O=P(O)(O)OF. The number of halogens is 1. The van der Waals surface area contributed by atoms with E-state index >= 15 is 0 Å². The van der Waals surface area contributed by atoms with Gasteiger partial charge in [-0.1, -0.05) is 56.6 Å². The Kier molecular flexibility index (Phi) is 12.5. The van der Waals surface area contributed by atoms with E-state index in [1.54, 1.807) is 0 Å². The van der Waals surface area contributed by atoms with Gasteiger partial charge in [0.25, 0.3) is 0 Å². The van der Waals surface area contributed by atoms with Crippen LogP contribution in [0.2, 0.25) is 0 Å². The molecule has 1 aliphatic rings. The first-order valence-corrected chi connectivity index (χ1v) is 9.40. The van der Waals surface area contributed by atoms with Crippen LogP contribution in [0, 0.1) is 0 Å². The van der Waals surface area contributed by atoms with Crippen molar-refractivity contribution < 1.29 is 23.6 Å². The summed E-state index contributed by atoms with van der Waals surface area (Å²) in [5, 5.41) is 0. The number of unbranched alkanes of at least 4 members (excludes halogenated alkanes) is 7. The molecule has 132 valence electrons. The second-order valence-corrected chi connectivity index (χ2v) is 6.66. The fourth-order valence-corrected chi connectivity index (χ4v) is 2.18. The minimum Gasteiger partial charge on any atom is -0.362 e. The molecule has 2 N–H and O–H groups in total. The maximum Gasteiger partial charge on any atom is 0.500 e. The van der Waals surface area contributed by atoms with Gasteiger partial charge in [-0.25, -0.2) is 4.57 Å². The van der Waals surface area contributed by atoms with E-state index in [-0.39, 0.29) is 0 Å². The zero-order valence-corrected chi connectivity index (χ0v) is 14.6. The normalized spacial score (nSPS) is 14.2. The molecule has 0 unspecified atom stereocenters. The molecule has 0 atom stereocenters. The van der Waals surface area contributed by atoms with Crippen LogP contribution in [0.4, 0.5) is 4.53 Å². The Labute approximate surface area is 133 Å². The zero-order valence-electron chi connectivity index (χ0n) is 13.7. The molecular weight excluding hydrogens is 310 g/mol. The van der Waals surface area contributed by atoms with Crippen molar-refractivity contribution in [2.45, 2.75) is 58.3 Å². The van der Waals surface area contributed by atoms with Crippen LogP contribution in [0.5, 0.6) is 0 Å². The number of rotatable bonds is 10. The van der Waals surface area contributed by atoms with Crippen molar-refractivity contribution in [1.82, 2.24) is 9.80 Å². The first kappa shape index (κ1) is 21.4. The monoisotopic (exact) mass is 340 g/mol. The second kappa shape index (κ2) is 12.9. The highest BCUT2D eigenvalue weighted by atomic mass is 31.2. The number of phosphoric acid groups is 1. The molecule has 0 bridgehead atoms. The van der Waals surface area contributed by atoms with Gasteiger partial charge >= 0.3 is 7.82 Å². The Hall–Kier alpha value is -0.620. The predicted octanol–water partition coefficient (Wildman–Crippen LogP) is 3.78. The first-order chi connectivity index (χ1) is 10.4. The van der Waals surface area contributed by atoms with Crippen LogP contribution in [-0.2, 0) is 9.29 Å². The number of hydrogen-bond donors (Lipinski definition) is 2. The fourth-order valence-electron chi connectivity index (χ4n) is 2.18. The van der Waals surface area contributed by atoms with Gasteiger partial charge in [0, 0.05) is 26.0 Å². The van der Waals surface area contributed by atoms with Gasteiger partial charge in [-0.3, -0.25) is 0 Å². The van der Waals surface area contributed by atoms with Crippen LogP contribution in [0.3, 0.4) is 0 Å². The third kappa shape index (κ3) is 14.3. The van der Waals surface area contributed by atoms with E-state index in [4.69, 9.17) is 14.4 Å². The van der Waals surface area contributed by atoms with Crippen LogP contribution >= 0.6 is 7.82 Å². The van der Waals surface area contributed by atoms with Crippen molar-refractivity contribution >= 4 is 7.82 Å². The fraction of sp³-hybridized carbons (Fsp3) is 0.857. The van der Waals surface area contributed by atoms with Crippen molar-refractivity contribution in [3.63, 3.8) is 0 Å². The molecule has 0 radical (unpaired) electrons. The molecule has 1 heterocycles. The van der Waals surface area contributed by atoms with Crippen LogP contribution in [0.15, 0.2) is 12.4 Å². The largest absolute Gasteiger partial charge is 0.500 e. The molecule has 0 fully saturated rings. The van der Waals surface area contributed by atoms with E-state index in [2.05, 4.69) is 40.9 Å². The van der Waals surface area contributed by atoms with Crippen LogP contribution in [0.1, 0.15) is 58.3 Å². The standard InChI is InChI=1S/C14H28N2.FH2O4P/c1-3-4-5-6-7-8-9-10-11-16-13-12-15(2)14-16;1-5-6(2,3)4/h12-13H,3-11,14H2,1-2H3;(H2,2,3,4). The van der Waals surface area contributed by atoms with E-state index in [1.165, 1.54) is 57.9 Å². The van der Waals surface area contributed by atoms with E-state index in [1.807, 2.05) is 0 Å². The van der Waals surface area contributed by atoms with E-state index < -0.39 is 7.82 Å². The topological polar surface area (TPSA) is 73.2 Å². The second-order valence-electron chi connectivity index (χ2n) is 5.54. The average Bonchev–Trinajstić information content (AvgIpc) is 2.87. The minimum absolute atomic E-state index is 1.08. The van der Waals surface area contributed by atoms with Crippen LogP contribution in [0.25, 0.3) is 0 Å². The van der Waals surface area contributed by atoms with Gasteiger partial charge in [-0.05, 0) is 10.9 Å². The van der Waals surface area contributed by atoms with Gasteiger partial charge < -0.3 is 19.6 Å². The highest BCUT2D eigenvalue weighted by molar-refractivity contribution is 7.46. The molecule has 0 aliphatic carbocycles. The van der Waals surface area contributed by atoms with Crippen molar-refractivity contribution in [2.24, 2.45) is 0 Å². The van der Waals surface area contributed by atoms with Gasteiger partial charge in [-0.15, -0.1) is 0 Å².